The van der Waals surface area contributed by atoms with Crippen molar-refractivity contribution in [2.24, 2.45) is 0 Å². The van der Waals surface area contributed by atoms with Crippen LogP contribution < -0.4 is 0 Å². The number of hydrogen-bond donors (Lipinski definition) is 1. The van der Waals surface area contributed by atoms with E-state index in [0.717, 1.165) is 30.4 Å². The van der Waals surface area contributed by atoms with E-state index in [1.807, 2.05) is 29.2 Å². The largest absolute Gasteiger partial charge is 0.395 e. The van der Waals surface area contributed by atoms with Crippen LogP contribution >= 0.6 is 0 Å². The topological polar surface area (TPSA) is 40.5 Å². The van der Waals surface area contributed by atoms with Crippen LogP contribution in [0.2, 0.25) is 0 Å². The Morgan fingerprint density at radius 2 is 1.84 bits per heavy atom. The van der Waals surface area contributed by atoms with Crippen molar-refractivity contribution in [1.29, 1.82) is 0 Å². The molecule has 0 saturated heterocycles. The molecule has 0 bridgehead atoms. The summed E-state index contributed by atoms with van der Waals surface area (Å²) in [4.78, 5) is 14.5. The van der Waals surface area contributed by atoms with Crippen LogP contribution in [0, 0.1) is 0 Å². The summed E-state index contributed by atoms with van der Waals surface area (Å²) >= 11 is 0. The van der Waals surface area contributed by atoms with Gasteiger partial charge in [0.25, 0.3) is 5.91 Å². The van der Waals surface area contributed by atoms with Crippen LogP contribution in [0.1, 0.15) is 49.5 Å². The third-order valence-corrected chi connectivity index (χ3v) is 3.61. The van der Waals surface area contributed by atoms with Crippen LogP contribution in [0.15, 0.2) is 24.3 Å². The molecule has 0 fully saturated rings. The number of aryl methyl sites for hydroxylation is 1. The van der Waals surface area contributed by atoms with Crippen LogP contribution in [-0.2, 0) is 6.42 Å². The van der Waals surface area contributed by atoms with Crippen molar-refractivity contribution in [3.8, 4) is 0 Å². The summed E-state index contributed by atoms with van der Waals surface area (Å²) in [6.45, 7) is 6.63. The summed E-state index contributed by atoms with van der Waals surface area (Å²) in [5, 5.41) is 9.21. The fraction of sp³-hybridized carbons (Fsp3) is 0.562. The lowest BCUT2D eigenvalue weighted by atomic mass is 10.0. The van der Waals surface area contributed by atoms with Gasteiger partial charge in [-0.1, -0.05) is 39.0 Å². The highest BCUT2D eigenvalue weighted by atomic mass is 16.3. The van der Waals surface area contributed by atoms with Crippen molar-refractivity contribution < 1.29 is 9.90 Å². The number of aliphatic hydroxyl groups excluding tert-OH is 1. The molecule has 0 atom stereocenters. The Labute approximate surface area is 116 Å². The van der Waals surface area contributed by atoms with Crippen molar-refractivity contribution in [3.05, 3.63) is 35.4 Å². The molecule has 3 nitrogen and oxygen atoms in total. The maximum Gasteiger partial charge on any atom is 0.254 e. The lowest BCUT2D eigenvalue weighted by molar-refractivity contribution is 0.0621. The van der Waals surface area contributed by atoms with Crippen molar-refractivity contribution in [2.75, 3.05) is 13.2 Å². The fourth-order valence-corrected chi connectivity index (χ4v) is 2.48. The molecule has 3 heteroatoms. The van der Waals surface area contributed by atoms with E-state index < -0.39 is 0 Å². The van der Waals surface area contributed by atoms with Gasteiger partial charge in [-0.3, -0.25) is 4.79 Å². The minimum atomic E-state index is 0.0104. The van der Waals surface area contributed by atoms with Gasteiger partial charge in [0.1, 0.15) is 0 Å². The summed E-state index contributed by atoms with van der Waals surface area (Å²) in [6.07, 6.45) is 2.67. The minimum Gasteiger partial charge on any atom is -0.395 e. The molecule has 0 spiro atoms. The molecule has 1 aromatic rings. The van der Waals surface area contributed by atoms with Gasteiger partial charge in [-0.2, -0.15) is 0 Å². The zero-order valence-corrected chi connectivity index (χ0v) is 12.2. The molecule has 19 heavy (non-hydrogen) atoms. The van der Waals surface area contributed by atoms with Crippen LogP contribution in [0.25, 0.3) is 0 Å². The summed E-state index contributed by atoms with van der Waals surface area (Å²) in [5.41, 5.74) is 1.84. The van der Waals surface area contributed by atoms with Gasteiger partial charge < -0.3 is 10.0 Å². The second kappa shape index (κ2) is 7.95. The van der Waals surface area contributed by atoms with Gasteiger partial charge in [-0.25, -0.2) is 0 Å². The van der Waals surface area contributed by atoms with E-state index in [0.29, 0.717) is 6.54 Å². The molecular formula is C16H25NO2. The smallest absolute Gasteiger partial charge is 0.254 e. The lowest BCUT2D eigenvalue weighted by Crippen LogP contribution is -2.41. The number of nitrogens with zero attached hydrogens (tertiary/aromatic N) is 1. The predicted octanol–water partition coefficient (Wildman–Crippen LogP) is 2.87. The first-order chi connectivity index (χ1) is 9.19. The van der Waals surface area contributed by atoms with Crippen LogP contribution in [0.5, 0.6) is 0 Å². The highest BCUT2D eigenvalue weighted by Crippen LogP contribution is 2.17. The molecule has 0 heterocycles. The van der Waals surface area contributed by atoms with E-state index in [-0.39, 0.29) is 18.6 Å². The molecule has 0 aromatic heterocycles. The van der Waals surface area contributed by atoms with Crippen LogP contribution in [-0.4, -0.2) is 35.1 Å². The molecule has 0 aliphatic heterocycles. The average Bonchev–Trinajstić information content (AvgIpc) is 2.46. The molecule has 0 radical (unpaired) electrons. The maximum atomic E-state index is 12.7. The summed E-state index contributed by atoms with van der Waals surface area (Å²) in [5.74, 6) is 0.0419. The van der Waals surface area contributed by atoms with E-state index >= 15 is 0 Å². The van der Waals surface area contributed by atoms with Crippen molar-refractivity contribution >= 4 is 5.91 Å². The first-order valence-electron chi connectivity index (χ1n) is 7.19. The molecule has 1 N–H and O–H groups in total. The zero-order chi connectivity index (χ0) is 14.3. The van der Waals surface area contributed by atoms with Crippen molar-refractivity contribution in [2.45, 2.75) is 46.1 Å². The molecule has 1 amide bonds. The Morgan fingerprint density at radius 1 is 1.21 bits per heavy atom. The van der Waals surface area contributed by atoms with Gasteiger partial charge in [0.05, 0.1) is 6.61 Å². The van der Waals surface area contributed by atoms with Crippen LogP contribution in [0.3, 0.4) is 0 Å². The third-order valence-electron chi connectivity index (χ3n) is 3.61. The standard InChI is InChI=1S/C16H25NO2/c1-4-13-9-7-8-10-15(13)16(19)17(11-12-18)14(5-2)6-3/h7-10,14,18H,4-6,11-12H2,1-3H3. The first kappa shape index (κ1) is 15.7. The molecule has 0 unspecified atom stereocenters. The van der Waals surface area contributed by atoms with Gasteiger partial charge in [0.15, 0.2) is 0 Å². The molecule has 106 valence electrons. The van der Waals surface area contributed by atoms with E-state index in [2.05, 4.69) is 20.8 Å². The number of carbonyl (C=O) groups is 1. The molecule has 0 aliphatic rings. The lowest BCUT2D eigenvalue weighted by Gasteiger charge is -2.30. The fourth-order valence-electron chi connectivity index (χ4n) is 2.48. The van der Waals surface area contributed by atoms with Crippen LogP contribution in [0.4, 0.5) is 0 Å². The zero-order valence-electron chi connectivity index (χ0n) is 12.2. The van der Waals surface area contributed by atoms with Gasteiger partial charge in [-0.15, -0.1) is 0 Å². The summed E-state index contributed by atoms with van der Waals surface area (Å²) in [7, 11) is 0. The Kier molecular flexibility index (Phi) is 6.57. The summed E-state index contributed by atoms with van der Waals surface area (Å²) in [6, 6.07) is 7.94. The SMILES string of the molecule is CCc1ccccc1C(=O)N(CCO)C(CC)CC. The quantitative estimate of drug-likeness (QED) is 0.821. The van der Waals surface area contributed by atoms with Crippen molar-refractivity contribution in [1.82, 2.24) is 4.90 Å². The van der Waals surface area contributed by atoms with Gasteiger partial charge in [-0.05, 0) is 30.9 Å². The van der Waals surface area contributed by atoms with Gasteiger partial charge >= 0.3 is 0 Å². The second-order valence-electron chi connectivity index (χ2n) is 4.70. The second-order valence-corrected chi connectivity index (χ2v) is 4.70. The number of aliphatic hydroxyl groups is 1. The van der Waals surface area contributed by atoms with Gasteiger partial charge in [0, 0.05) is 18.2 Å². The number of hydrogen-bond acceptors (Lipinski definition) is 2. The van der Waals surface area contributed by atoms with E-state index in [1.54, 1.807) is 0 Å². The molecule has 0 aliphatic carbocycles. The van der Waals surface area contributed by atoms with E-state index in [9.17, 15) is 9.90 Å². The number of carbonyl (C=O) groups excluding carboxylic acids is 1. The van der Waals surface area contributed by atoms with E-state index in [1.165, 1.54) is 0 Å². The molecular weight excluding hydrogens is 238 g/mol. The first-order valence-corrected chi connectivity index (χ1v) is 7.19. The summed E-state index contributed by atoms with van der Waals surface area (Å²) < 4.78 is 0. The minimum absolute atomic E-state index is 0.0104. The molecule has 1 aromatic carbocycles. The predicted molar refractivity (Wildman–Crippen MR) is 78.3 cm³/mol. The number of rotatable bonds is 7. The highest BCUT2D eigenvalue weighted by Gasteiger charge is 2.23. The van der Waals surface area contributed by atoms with Gasteiger partial charge in [0.2, 0.25) is 0 Å². The Morgan fingerprint density at radius 3 is 2.37 bits per heavy atom. The maximum absolute atomic E-state index is 12.7. The Hall–Kier alpha value is -1.35. The Bertz CT molecular complexity index is 399. The van der Waals surface area contributed by atoms with E-state index in [4.69, 9.17) is 0 Å². The molecule has 1 rings (SSSR count). The number of benzene rings is 1. The highest BCUT2D eigenvalue weighted by molar-refractivity contribution is 5.96. The third kappa shape index (κ3) is 3.80. The monoisotopic (exact) mass is 263 g/mol. The Balaban J connectivity index is 3.04. The average molecular weight is 263 g/mol. The normalized spacial score (nSPS) is 10.8. The van der Waals surface area contributed by atoms with Crippen molar-refractivity contribution in [3.63, 3.8) is 0 Å². The number of amides is 1. The molecule has 0 saturated carbocycles.